The first-order valence-corrected chi connectivity index (χ1v) is 13.5. The summed E-state index contributed by atoms with van der Waals surface area (Å²) in [6.45, 7) is 10.5. The molecule has 1 aliphatic rings. The number of nitrogens with two attached hydrogens (primary N) is 1. The van der Waals surface area contributed by atoms with Gasteiger partial charge in [0.15, 0.2) is 11.3 Å². The van der Waals surface area contributed by atoms with Crippen molar-refractivity contribution in [1.82, 2.24) is 23.9 Å². The Morgan fingerprint density at radius 3 is 2.54 bits per heavy atom. The lowest BCUT2D eigenvalue weighted by Crippen LogP contribution is -2.64. The van der Waals surface area contributed by atoms with Crippen LogP contribution in [0.25, 0.3) is 16.9 Å². The monoisotopic (exact) mass is 504 g/mol. The lowest BCUT2D eigenvalue weighted by molar-refractivity contribution is -0.941. The lowest BCUT2D eigenvalue weighted by Gasteiger charge is -2.39. The number of rotatable bonds is 8. The Morgan fingerprint density at radius 1 is 1.20 bits per heavy atom. The normalized spacial score (nSPS) is 16.6. The first-order valence-electron chi connectivity index (χ1n) is 12.0. The second kappa shape index (κ2) is 9.69. The summed E-state index contributed by atoms with van der Waals surface area (Å²) in [5, 5.41) is 4.65. The molecule has 1 aliphatic heterocycles. The van der Waals surface area contributed by atoms with Gasteiger partial charge in [0.1, 0.15) is 24.7 Å². The molecule has 190 valence electrons. The summed E-state index contributed by atoms with van der Waals surface area (Å²) in [5.41, 5.74) is 1.04. The fourth-order valence-electron chi connectivity index (χ4n) is 4.43. The van der Waals surface area contributed by atoms with Gasteiger partial charge >= 0.3 is 0 Å². The van der Waals surface area contributed by atoms with E-state index in [4.69, 9.17) is 10.6 Å². The predicted octanol–water partition coefficient (Wildman–Crippen LogP) is 1.46. The highest BCUT2D eigenvalue weighted by molar-refractivity contribution is 7.89. The summed E-state index contributed by atoms with van der Waals surface area (Å²) in [4.78, 5) is 20.4. The standard InChI is InChI=1S/C23H33N7O4S/c1-5-8-20-25-16(4)21-23(31)26-22(27-29(20)21)18-15-17(9-10-19(18)34-7-3)35(32,33)28-11-13-30(24,6-2)14-12-28/h9-10,15H,5-8,11-14,24H2,1-4H3/p+1. The Hall–Kier alpha value is -2.80. The minimum absolute atomic E-state index is 0.114. The van der Waals surface area contributed by atoms with Gasteiger partial charge in [-0.15, -0.1) is 5.10 Å². The van der Waals surface area contributed by atoms with Gasteiger partial charge in [0.25, 0.3) is 5.56 Å². The second-order valence-corrected chi connectivity index (χ2v) is 10.8. The van der Waals surface area contributed by atoms with Crippen molar-refractivity contribution < 1.29 is 17.7 Å². The van der Waals surface area contributed by atoms with E-state index in [-0.39, 0.29) is 16.3 Å². The molecule has 4 rings (SSSR count). The Morgan fingerprint density at radius 2 is 1.91 bits per heavy atom. The third-order valence-corrected chi connectivity index (χ3v) is 8.47. The van der Waals surface area contributed by atoms with Gasteiger partial charge in [-0.2, -0.15) is 10.1 Å². The number of nitrogens with one attached hydrogen (secondary N) is 1. The van der Waals surface area contributed by atoms with Crippen LogP contribution in [0.5, 0.6) is 5.75 Å². The van der Waals surface area contributed by atoms with Gasteiger partial charge in [-0.3, -0.25) is 4.79 Å². The van der Waals surface area contributed by atoms with Crippen LogP contribution in [0, 0.1) is 6.92 Å². The molecule has 0 radical (unpaired) electrons. The number of hydrogen-bond acceptors (Lipinski definition) is 7. The molecular formula is C23H34N7O4S+. The quantitative estimate of drug-likeness (QED) is 0.350. The average Bonchev–Trinajstić information content (AvgIpc) is 3.15. The predicted molar refractivity (Wildman–Crippen MR) is 132 cm³/mol. The third kappa shape index (κ3) is 4.70. The fourth-order valence-corrected chi connectivity index (χ4v) is 5.88. The number of aromatic amines is 1. The highest BCUT2D eigenvalue weighted by Crippen LogP contribution is 2.32. The SMILES string of the molecule is CCCc1nc(C)c2c(=O)[nH]c(-c3cc(S(=O)(=O)N4CC[N+](N)(CC)CC4)ccc3OCC)nn12. The number of aromatic nitrogens is 4. The first kappa shape index (κ1) is 25.3. The van der Waals surface area contributed by atoms with E-state index >= 15 is 0 Å². The van der Waals surface area contributed by atoms with Crippen LogP contribution in [0.15, 0.2) is 27.9 Å². The third-order valence-electron chi connectivity index (χ3n) is 6.58. The van der Waals surface area contributed by atoms with Gasteiger partial charge in [0.2, 0.25) is 10.0 Å². The van der Waals surface area contributed by atoms with Crippen molar-refractivity contribution in [1.29, 1.82) is 0 Å². The van der Waals surface area contributed by atoms with Crippen LogP contribution in [0.4, 0.5) is 0 Å². The molecule has 11 nitrogen and oxygen atoms in total. The number of hydrogen-bond donors (Lipinski definition) is 2. The Labute approximate surface area is 205 Å². The zero-order valence-electron chi connectivity index (χ0n) is 20.7. The van der Waals surface area contributed by atoms with E-state index < -0.39 is 10.0 Å². The largest absolute Gasteiger partial charge is 0.493 e. The lowest BCUT2D eigenvalue weighted by atomic mass is 10.2. The minimum Gasteiger partial charge on any atom is -0.493 e. The van der Waals surface area contributed by atoms with Gasteiger partial charge < -0.3 is 9.72 Å². The zero-order valence-corrected chi connectivity index (χ0v) is 21.6. The summed E-state index contributed by atoms with van der Waals surface area (Å²) in [7, 11) is -3.77. The van der Waals surface area contributed by atoms with Crippen molar-refractivity contribution in [3.63, 3.8) is 0 Å². The van der Waals surface area contributed by atoms with Gasteiger partial charge in [-0.05, 0) is 45.4 Å². The van der Waals surface area contributed by atoms with E-state index in [1.807, 2.05) is 20.8 Å². The molecule has 3 N–H and O–H groups in total. The molecule has 0 aliphatic carbocycles. The number of sulfonamides is 1. The number of aryl methyl sites for hydroxylation is 2. The number of piperazine rings is 1. The smallest absolute Gasteiger partial charge is 0.277 e. The Bertz CT molecular complexity index is 1390. The van der Waals surface area contributed by atoms with Crippen molar-refractivity contribution in [2.75, 3.05) is 39.3 Å². The molecule has 3 aromatic rings. The molecule has 0 spiro atoms. The van der Waals surface area contributed by atoms with E-state index in [2.05, 4.69) is 15.1 Å². The van der Waals surface area contributed by atoms with Gasteiger partial charge in [0.05, 0.1) is 42.4 Å². The van der Waals surface area contributed by atoms with Crippen LogP contribution < -0.4 is 16.1 Å². The first-order chi connectivity index (χ1) is 16.6. The second-order valence-electron chi connectivity index (χ2n) is 8.90. The number of fused-ring (bicyclic) bond motifs is 1. The molecule has 1 fully saturated rings. The van der Waals surface area contributed by atoms with E-state index in [1.165, 1.54) is 16.4 Å². The van der Waals surface area contributed by atoms with E-state index in [0.717, 1.165) is 13.0 Å². The number of likely N-dealkylation sites (N-methyl/N-ethyl adjacent to an activating group) is 1. The molecule has 0 bridgehead atoms. The molecule has 0 amide bonds. The summed E-state index contributed by atoms with van der Waals surface area (Å²) in [6.07, 6.45) is 1.50. The van der Waals surface area contributed by atoms with Gasteiger partial charge in [-0.1, -0.05) is 6.92 Å². The molecule has 12 heteroatoms. The van der Waals surface area contributed by atoms with Crippen LogP contribution in [0.3, 0.4) is 0 Å². The van der Waals surface area contributed by atoms with Crippen LogP contribution in [0.1, 0.15) is 38.7 Å². The van der Waals surface area contributed by atoms with Crippen LogP contribution in [0.2, 0.25) is 0 Å². The summed E-state index contributed by atoms with van der Waals surface area (Å²) in [6, 6.07) is 4.66. The molecule has 1 saturated heterocycles. The summed E-state index contributed by atoms with van der Waals surface area (Å²) in [5.74, 6) is 7.64. The maximum Gasteiger partial charge on any atom is 0.277 e. The van der Waals surface area contributed by atoms with Gasteiger partial charge in [0, 0.05) is 6.42 Å². The highest BCUT2D eigenvalue weighted by Gasteiger charge is 2.35. The molecule has 0 saturated carbocycles. The number of quaternary nitrogens is 1. The van der Waals surface area contributed by atoms with Crippen molar-refractivity contribution in [3.8, 4) is 17.1 Å². The average molecular weight is 505 g/mol. The van der Waals surface area contributed by atoms with Crippen molar-refractivity contribution >= 4 is 15.5 Å². The van der Waals surface area contributed by atoms with E-state index in [9.17, 15) is 13.2 Å². The maximum atomic E-state index is 13.5. The molecule has 3 heterocycles. The fraction of sp³-hybridized carbons (Fsp3) is 0.522. The summed E-state index contributed by atoms with van der Waals surface area (Å²) < 4.78 is 36.1. The van der Waals surface area contributed by atoms with E-state index in [0.29, 0.717) is 72.1 Å². The number of H-pyrrole nitrogens is 1. The molecule has 35 heavy (non-hydrogen) atoms. The number of imidazole rings is 1. The van der Waals surface area contributed by atoms with E-state index in [1.54, 1.807) is 17.5 Å². The van der Waals surface area contributed by atoms with Crippen molar-refractivity contribution in [3.05, 3.63) is 40.1 Å². The number of benzene rings is 1. The summed E-state index contributed by atoms with van der Waals surface area (Å²) >= 11 is 0. The van der Waals surface area contributed by atoms with Crippen molar-refractivity contribution in [2.45, 2.75) is 45.4 Å². The van der Waals surface area contributed by atoms with Gasteiger partial charge in [-0.25, -0.2) is 22.5 Å². The van der Waals surface area contributed by atoms with Crippen molar-refractivity contribution in [2.24, 2.45) is 5.84 Å². The van der Waals surface area contributed by atoms with Crippen LogP contribution >= 0.6 is 0 Å². The molecule has 2 aromatic heterocycles. The molecule has 1 aromatic carbocycles. The molecule has 0 unspecified atom stereocenters. The van der Waals surface area contributed by atoms with Crippen LogP contribution in [-0.2, 0) is 16.4 Å². The molecule has 0 atom stereocenters. The minimum atomic E-state index is -3.77. The number of nitrogens with zero attached hydrogens (tertiary/aromatic N) is 5. The maximum absolute atomic E-state index is 13.5. The molecular weight excluding hydrogens is 470 g/mol. The Kier molecular flexibility index (Phi) is 7.00. The zero-order chi connectivity index (χ0) is 25.4. The topological polar surface area (TPSA) is 136 Å². The van der Waals surface area contributed by atoms with Crippen LogP contribution in [-0.4, -0.2) is 76.2 Å². The highest BCUT2D eigenvalue weighted by atomic mass is 32.2. The number of ether oxygens (including phenoxy) is 1. The Balaban J connectivity index is 1.80.